The Balaban J connectivity index is 1.64. The molecule has 0 aliphatic carbocycles. The first-order valence-electron chi connectivity index (χ1n) is 7.37. The first-order valence-corrected chi connectivity index (χ1v) is 7.37. The fourth-order valence-electron chi connectivity index (χ4n) is 3.38. The fourth-order valence-corrected chi connectivity index (χ4v) is 3.38. The van der Waals surface area contributed by atoms with Gasteiger partial charge in [0.15, 0.2) is 11.5 Å². The minimum Gasteiger partial charge on any atom is -0.454 e. The third-order valence-corrected chi connectivity index (χ3v) is 4.63. The van der Waals surface area contributed by atoms with Crippen molar-refractivity contribution in [3.8, 4) is 11.5 Å². The smallest absolute Gasteiger partial charge is 0.231 e. The summed E-state index contributed by atoms with van der Waals surface area (Å²) in [7, 11) is 2.20. The van der Waals surface area contributed by atoms with Crippen molar-refractivity contribution in [1.82, 2.24) is 15.1 Å². The highest BCUT2D eigenvalue weighted by Gasteiger charge is 2.30. The van der Waals surface area contributed by atoms with Crippen LogP contribution in [0.2, 0.25) is 0 Å². The van der Waals surface area contributed by atoms with Gasteiger partial charge in [-0.05, 0) is 30.3 Å². The molecule has 1 saturated heterocycles. The number of likely N-dealkylation sites (N-methyl/N-ethyl adjacent to an activating group) is 1. The van der Waals surface area contributed by atoms with Gasteiger partial charge in [0.25, 0.3) is 0 Å². The van der Waals surface area contributed by atoms with Crippen LogP contribution in [-0.4, -0.2) is 56.4 Å². The van der Waals surface area contributed by atoms with Crippen molar-refractivity contribution in [2.45, 2.75) is 12.6 Å². The summed E-state index contributed by atoms with van der Waals surface area (Å²) in [4.78, 5) is 4.99. The number of piperazine rings is 1. The maximum atomic E-state index is 5.55. The molecule has 1 aromatic rings. The Hall–Kier alpha value is -1.30. The summed E-state index contributed by atoms with van der Waals surface area (Å²) in [5.41, 5.74) is 2.77. The molecule has 3 aliphatic heterocycles. The van der Waals surface area contributed by atoms with Crippen LogP contribution in [0, 0.1) is 0 Å². The Morgan fingerprint density at radius 2 is 1.85 bits per heavy atom. The van der Waals surface area contributed by atoms with Crippen molar-refractivity contribution in [3.05, 3.63) is 23.3 Å². The molecule has 0 amide bonds. The molecular weight excluding hydrogens is 254 g/mol. The van der Waals surface area contributed by atoms with Crippen molar-refractivity contribution < 1.29 is 9.47 Å². The van der Waals surface area contributed by atoms with E-state index in [9.17, 15) is 0 Å². The Kier molecular flexibility index (Phi) is 3.06. The van der Waals surface area contributed by atoms with E-state index in [1.165, 1.54) is 11.1 Å². The Morgan fingerprint density at radius 3 is 2.65 bits per heavy atom. The lowest BCUT2D eigenvalue weighted by Crippen LogP contribution is -2.49. The van der Waals surface area contributed by atoms with E-state index in [-0.39, 0.29) is 0 Å². The Bertz CT molecular complexity index is 512. The zero-order valence-corrected chi connectivity index (χ0v) is 11.9. The minimum absolute atomic E-state index is 0.352. The van der Waals surface area contributed by atoms with Gasteiger partial charge in [0, 0.05) is 45.3 Å². The number of nitrogens with zero attached hydrogens (tertiary/aromatic N) is 2. The number of hydrogen-bond donors (Lipinski definition) is 1. The summed E-state index contributed by atoms with van der Waals surface area (Å²) in [5, 5.41) is 3.54. The molecule has 0 saturated carbocycles. The average molecular weight is 275 g/mol. The first kappa shape index (κ1) is 12.4. The predicted molar refractivity (Wildman–Crippen MR) is 76.1 cm³/mol. The van der Waals surface area contributed by atoms with Crippen molar-refractivity contribution in [2.75, 3.05) is 46.6 Å². The van der Waals surface area contributed by atoms with Crippen molar-refractivity contribution in [2.24, 2.45) is 0 Å². The molecule has 5 heteroatoms. The number of fused-ring (bicyclic) bond motifs is 2. The molecule has 0 radical (unpaired) electrons. The van der Waals surface area contributed by atoms with Crippen LogP contribution in [0.3, 0.4) is 0 Å². The summed E-state index contributed by atoms with van der Waals surface area (Å²) in [6.45, 7) is 6.87. The van der Waals surface area contributed by atoms with Crippen LogP contribution in [0.5, 0.6) is 11.5 Å². The van der Waals surface area contributed by atoms with Crippen molar-refractivity contribution in [1.29, 1.82) is 0 Å². The SMILES string of the molecule is CN1CCN([C@@H]2CNCc3cc4c(cc32)OCO4)CC1. The van der Waals surface area contributed by atoms with E-state index in [4.69, 9.17) is 9.47 Å². The maximum absolute atomic E-state index is 5.55. The molecule has 1 fully saturated rings. The van der Waals surface area contributed by atoms with Crippen molar-refractivity contribution >= 4 is 0 Å². The number of nitrogens with one attached hydrogen (secondary N) is 1. The largest absolute Gasteiger partial charge is 0.454 e. The summed E-state index contributed by atoms with van der Waals surface area (Å²) in [6, 6.07) is 4.80. The van der Waals surface area contributed by atoms with Gasteiger partial charge >= 0.3 is 0 Å². The van der Waals surface area contributed by atoms with E-state index in [1.807, 2.05) is 0 Å². The molecular formula is C15H21N3O2. The molecule has 0 unspecified atom stereocenters. The number of hydrogen-bond acceptors (Lipinski definition) is 5. The molecule has 1 N–H and O–H groups in total. The summed E-state index contributed by atoms with van der Waals surface area (Å²) < 4.78 is 11.0. The molecule has 0 bridgehead atoms. The average Bonchev–Trinajstić information content (AvgIpc) is 2.92. The first-order chi connectivity index (χ1) is 9.81. The maximum Gasteiger partial charge on any atom is 0.231 e. The molecule has 0 spiro atoms. The van der Waals surface area contributed by atoms with Gasteiger partial charge in [0.05, 0.1) is 0 Å². The number of rotatable bonds is 1. The lowest BCUT2D eigenvalue weighted by Gasteiger charge is -2.40. The van der Waals surface area contributed by atoms with Crippen LogP contribution in [-0.2, 0) is 6.54 Å². The lowest BCUT2D eigenvalue weighted by molar-refractivity contribution is 0.106. The standard InChI is InChI=1S/C15H21N3O2/c1-17-2-4-18(5-3-17)13-9-16-8-11-6-14-15(7-12(11)13)20-10-19-14/h6-7,13,16H,2-5,8-10H2,1H3/t13-/m1/s1. The highest BCUT2D eigenvalue weighted by molar-refractivity contribution is 5.50. The molecule has 4 rings (SSSR count). The van der Waals surface area contributed by atoms with Crippen LogP contribution in [0.15, 0.2) is 12.1 Å². The quantitative estimate of drug-likeness (QED) is 0.821. The van der Waals surface area contributed by atoms with Crippen LogP contribution in [0.4, 0.5) is 0 Å². The number of benzene rings is 1. The number of ether oxygens (including phenoxy) is 2. The predicted octanol–water partition coefficient (Wildman–Crippen LogP) is 0.807. The van der Waals surface area contributed by atoms with Crippen LogP contribution >= 0.6 is 0 Å². The molecule has 5 nitrogen and oxygen atoms in total. The fraction of sp³-hybridized carbons (Fsp3) is 0.600. The highest BCUT2D eigenvalue weighted by atomic mass is 16.7. The second-order valence-corrected chi connectivity index (χ2v) is 5.89. The second kappa shape index (κ2) is 4.91. The topological polar surface area (TPSA) is 37.0 Å². The lowest BCUT2D eigenvalue weighted by atomic mass is 9.94. The summed E-state index contributed by atoms with van der Waals surface area (Å²) in [6.07, 6.45) is 0. The highest BCUT2D eigenvalue weighted by Crippen LogP contribution is 2.39. The van der Waals surface area contributed by atoms with E-state index >= 15 is 0 Å². The van der Waals surface area contributed by atoms with E-state index in [2.05, 4.69) is 34.3 Å². The van der Waals surface area contributed by atoms with Crippen LogP contribution in [0.1, 0.15) is 17.2 Å². The Morgan fingerprint density at radius 1 is 1.10 bits per heavy atom. The van der Waals surface area contributed by atoms with Gasteiger partial charge in [-0.1, -0.05) is 0 Å². The minimum atomic E-state index is 0.352. The monoisotopic (exact) mass is 275 g/mol. The third-order valence-electron chi connectivity index (χ3n) is 4.63. The summed E-state index contributed by atoms with van der Waals surface area (Å²) >= 11 is 0. The van der Waals surface area contributed by atoms with Gasteiger partial charge in [-0.15, -0.1) is 0 Å². The van der Waals surface area contributed by atoms with Gasteiger partial charge < -0.3 is 19.7 Å². The molecule has 20 heavy (non-hydrogen) atoms. The van der Waals surface area contributed by atoms with Crippen molar-refractivity contribution in [3.63, 3.8) is 0 Å². The van der Waals surface area contributed by atoms with Gasteiger partial charge in [-0.25, -0.2) is 0 Å². The van der Waals surface area contributed by atoms with E-state index in [1.54, 1.807) is 0 Å². The summed E-state index contributed by atoms with van der Waals surface area (Å²) in [5.74, 6) is 1.80. The second-order valence-electron chi connectivity index (χ2n) is 5.89. The van der Waals surface area contributed by atoms with E-state index in [0.29, 0.717) is 12.8 Å². The zero-order chi connectivity index (χ0) is 13.5. The van der Waals surface area contributed by atoms with Gasteiger partial charge in [-0.3, -0.25) is 4.90 Å². The molecule has 3 aliphatic rings. The zero-order valence-electron chi connectivity index (χ0n) is 11.9. The van der Waals surface area contributed by atoms with E-state index < -0.39 is 0 Å². The van der Waals surface area contributed by atoms with Crippen LogP contribution in [0.25, 0.3) is 0 Å². The molecule has 3 heterocycles. The molecule has 1 aromatic carbocycles. The third kappa shape index (κ3) is 2.06. The Labute approximate surface area is 119 Å². The molecule has 1 atom stereocenters. The molecule has 0 aromatic heterocycles. The van der Waals surface area contributed by atoms with Crippen LogP contribution < -0.4 is 14.8 Å². The normalized spacial score (nSPS) is 26.6. The van der Waals surface area contributed by atoms with Gasteiger partial charge in [0.1, 0.15) is 0 Å². The van der Waals surface area contributed by atoms with Gasteiger partial charge in [0.2, 0.25) is 6.79 Å². The van der Waals surface area contributed by atoms with E-state index in [0.717, 1.165) is 50.8 Å². The van der Waals surface area contributed by atoms with Gasteiger partial charge in [-0.2, -0.15) is 0 Å². The molecule has 108 valence electrons.